The van der Waals surface area contributed by atoms with E-state index in [1.807, 2.05) is 12.1 Å². The smallest absolute Gasteiger partial charge is 0.127 e. The highest BCUT2D eigenvalue weighted by atomic mass is 35.5. The summed E-state index contributed by atoms with van der Waals surface area (Å²) in [7, 11) is 0. The maximum absolute atomic E-state index is 6.41. The highest BCUT2D eigenvalue weighted by Gasteiger charge is 2.23. The van der Waals surface area contributed by atoms with Gasteiger partial charge in [0.05, 0.1) is 12.6 Å². The molecule has 0 aliphatic carbocycles. The van der Waals surface area contributed by atoms with Gasteiger partial charge in [-0.15, -0.1) is 11.3 Å². The molecule has 1 atom stereocenters. The second kappa shape index (κ2) is 4.82. The third kappa shape index (κ3) is 2.27. The van der Waals surface area contributed by atoms with Crippen LogP contribution in [-0.2, 0) is 6.42 Å². The number of fused-ring (bicyclic) bond motifs is 1. The van der Waals surface area contributed by atoms with Crippen LogP contribution in [0.1, 0.15) is 32.5 Å². The molecule has 0 amide bonds. The van der Waals surface area contributed by atoms with Crippen LogP contribution in [0, 0.1) is 13.8 Å². The molecule has 3 rings (SSSR count). The van der Waals surface area contributed by atoms with Crippen LogP contribution in [0.25, 0.3) is 0 Å². The Labute approximate surface area is 122 Å². The summed E-state index contributed by atoms with van der Waals surface area (Å²) >= 11 is 7.93. The van der Waals surface area contributed by atoms with Crippen LogP contribution in [0.4, 0.5) is 0 Å². The summed E-state index contributed by atoms with van der Waals surface area (Å²) < 4.78 is 5.73. The monoisotopic (exact) mass is 293 g/mol. The van der Waals surface area contributed by atoms with Crippen LogP contribution in [-0.4, -0.2) is 6.61 Å². The first-order valence-electron chi connectivity index (χ1n) is 6.34. The molecule has 0 radical (unpaired) electrons. The Kier molecular flexibility index (Phi) is 3.29. The highest BCUT2D eigenvalue weighted by Crippen LogP contribution is 2.39. The number of benzene rings is 1. The Bertz CT molecular complexity index is 616. The average Bonchev–Trinajstić information content (AvgIpc) is 2.95. The molecule has 19 heavy (non-hydrogen) atoms. The third-order valence-electron chi connectivity index (χ3n) is 3.60. The second-order valence-corrected chi connectivity index (χ2v) is 6.67. The summed E-state index contributed by atoms with van der Waals surface area (Å²) in [6.07, 6.45) is 0.915. The molecule has 4 heteroatoms. The van der Waals surface area contributed by atoms with Gasteiger partial charge in [0.25, 0.3) is 0 Å². The quantitative estimate of drug-likeness (QED) is 0.908. The number of hydrogen-bond donors (Lipinski definition) is 1. The van der Waals surface area contributed by atoms with Gasteiger partial charge in [-0.1, -0.05) is 11.6 Å². The standard InChI is InChI=1S/C15H16ClNOS/c1-8-5-13(19-9(8)2)14(17)12-7-11(16)6-10-3-4-18-15(10)12/h5-7,14H,3-4,17H2,1-2H3. The van der Waals surface area contributed by atoms with E-state index < -0.39 is 0 Å². The number of aryl methyl sites for hydroxylation is 2. The first-order chi connectivity index (χ1) is 9.06. The van der Waals surface area contributed by atoms with Crippen LogP contribution in [0.2, 0.25) is 5.02 Å². The summed E-state index contributed by atoms with van der Waals surface area (Å²) in [6.45, 7) is 4.95. The molecule has 0 fully saturated rings. The minimum absolute atomic E-state index is 0.164. The SMILES string of the molecule is Cc1cc(C(N)c2cc(Cl)cc3c2OCC3)sc1C. The Morgan fingerprint density at radius 1 is 1.32 bits per heavy atom. The lowest BCUT2D eigenvalue weighted by Crippen LogP contribution is -2.11. The summed E-state index contributed by atoms with van der Waals surface area (Å²) in [5, 5.41) is 0.736. The molecule has 2 aromatic rings. The van der Waals surface area contributed by atoms with E-state index >= 15 is 0 Å². The summed E-state index contributed by atoms with van der Waals surface area (Å²) in [5.74, 6) is 0.931. The van der Waals surface area contributed by atoms with Crippen LogP contribution in [0.5, 0.6) is 5.75 Å². The molecule has 0 saturated carbocycles. The molecular weight excluding hydrogens is 278 g/mol. The van der Waals surface area contributed by atoms with Crippen molar-refractivity contribution in [3.05, 3.63) is 49.7 Å². The van der Waals surface area contributed by atoms with Crippen molar-refractivity contribution >= 4 is 22.9 Å². The molecule has 0 bridgehead atoms. The van der Waals surface area contributed by atoms with E-state index in [2.05, 4.69) is 19.9 Å². The van der Waals surface area contributed by atoms with Crippen molar-refractivity contribution in [1.82, 2.24) is 0 Å². The van der Waals surface area contributed by atoms with E-state index in [4.69, 9.17) is 22.1 Å². The fourth-order valence-corrected chi connectivity index (χ4v) is 3.75. The molecule has 100 valence electrons. The Hall–Kier alpha value is -1.03. The topological polar surface area (TPSA) is 35.2 Å². The zero-order valence-corrected chi connectivity index (χ0v) is 12.6. The van der Waals surface area contributed by atoms with Gasteiger partial charge in [0, 0.05) is 26.8 Å². The number of halogens is 1. The Morgan fingerprint density at radius 2 is 2.11 bits per heavy atom. The first-order valence-corrected chi connectivity index (χ1v) is 7.53. The lowest BCUT2D eigenvalue weighted by atomic mass is 10.0. The summed E-state index contributed by atoms with van der Waals surface area (Å²) in [6, 6.07) is 5.90. The van der Waals surface area contributed by atoms with Gasteiger partial charge in [0.15, 0.2) is 0 Å². The van der Waals surface area contributed by atoms with Crippen molar-refractivity contribution in [3.63, 3.8) is 0 Å². The largest absolute Gasteiger partial charge is 0.493 e. The van der Waals surface area contributed by atoms with Crippen LogP contribution >= 0.6 is 22.9 Å². The molecule has 1 aliphatic heterocycles. The Balaban J connectivity index is 2.07. The summed E-state index contributed by atoms with van der Waals surface area (Å²) in [4.78, 5) is 2.47. The lowest BCUT2D eigenvalue weighted by Gasteiger charge is -2.15. The van der Waals surface area contributed by atoms with Crippen molar-refractivity contribution in [2.24, 2.45) is 5.73 Å². The average molecular weight is 294 g/mol. The molecule has 1 unspecified atom stereocenters. The van der Waals surface area contributed by atoms with Gasteiger partial charge in [-0.3, -0.25) is 0 Å². The lowest BCUT2D eigenvalue weighted by molar-refractivity contribution is 0.352. The maximum Gasteiger partial charge on any atom is 0.127 e. The molecule has 2 nitrogen and oxygen atoms in total. The minimum Gasteiger partial charge on any atom is -0.493 e. The van der Waals surface area contributed by atoms with Crippen LogP contribution < -0.4 is 10.5 Å². The number of nitrogens with two attached hydrogens (primary N) is 1. The zero-order chi connectivity index (χ0) is 13.6. The van der Waals surface area contributed by atoms with E-state index in [-0.39, 0.29) is 6.04 Å². The maximum atomic E-state index is 6.41. The third-order valence-corrected chi connectivity index (χ3v) is 5.06. The molecule has 1 aromatic carbocycles. The fourth-order valence-electron chi connectivity index (χ4n) is 2.44. The number of thiophene rings is 1. The van der Waals surface area contributed by atoms with Crippen molar-refractivity contribution in [1.29, 1.82) is 0 Å². The van der Waals surface area contributed by atoms with Gasteiger partial charge < -0.3 is 10.5 Å². The second-order valence-electron chi connectivity index (χ2n) is 4.95. The number of ether oxygens (including phenoxy) is 1. The Morgan fingerprint density at radius 3 is 2.79 bits per heavy atom. The number of hydrogen-bond acceptors (Lipinski definition) is 3. The van der Waals surface area contributed by atoms with E-state index in [0.717, 1.165) is 34.2 Å². The minimum atomic E-state index is -0.164. The highest BCUT2D eigenvalue weighted by molar-refractivity contribution is 7.12. The van der Waals surface area contributed by atoms with E-state index in [1.54, 1.807) is 11.3 Å². The van der Waals surface area contributed by atoms with Crippen molar-refractivity contribution < 1.29 is 4.74 Å². The molecule has 2 heterocycles. The van der Waals surface area contributed by atoms with Gasteiger partial charge in [0.1, 0.15) is 5.75 Å². The van der Waals surface area contributed by atoms with Crippen molar-refractivity contribution in [2.45, 2.75) is 26.3 Å². The predicted molar refractivity (Wildman–Crippen MR) is 80.5 cm³/mol. The molecule has 2 N–H and O–H groups in total. The van der Waals surface area contributed by atoms with E-state index in [0.29, 0.717) is 0 Å². The van der Waals surface area contributed by atoms with Crippen molar-refractivity contribution in [3.8, 4) is 5.75 Å². The first kappa shape index (κ1) is 13.0. The van der Waals surface area contributed by atoms with Crippen molar-refractivity contribution in [2.75, 3.05) is 6.61 Å². The van der Waals surface area contributed by atoms with Gasteiger partial charge in [-0.2, -0.15) is 0 Å². The fraction of sp³-hybridized carbons (Fsp3) is 0.333. The zero-order valence-electron chi connectivity index (χ0n) is 11.0. The van der Waals surface area contributed by atoms with Gasteiger partial charge in [0.2, 0.25) is 0 Å². The van der Waals surface area contributed by atoms with E-state index in [9.17, 15) is 0 Å². The molecule has 0 spiro atoms. The molecule has 1 aromatic heterocycles. The molecular formula is C15H16ClNOS. The van der Waals surface area contributed by atoms with Gasteiger partial charge >= 0.3 is 0 Å². The predicted octanol–water partition coefficient (Wildman–Crippen LogP) is 4.00. The van der Waals surface area contributed by atoms with Crippen LogP contribution in [0.3, 0.4) is 0 Å². The van der Waals surface area contributed by atoms with Crippen LogP contribution in [0.15, 0.2) is 18.2 Å². The normalized spacial score (nSPS) is 15.2. The summed E-state index contributed by atoms with van der Waals surface area (Å²) in [5.41, 5.74) is 9.87. The number of rotatable bonds is 2. The van der Waals surface area contributed by atoms with Gasteiger partial charge in [-0.25, -0.2) is 0 Å². The van der Waals surface area contributed by atoms with E-state index in [1.165, 1.54) is 16.0 Å². The van der Waals surface area contributed by atoms with Gasteiger partial charge in [-0.05, 0) is 43.2 Å². The molecule has 1 aliphatic rings. The molecule has 0 saturated heterocycles.